The number of carbonyl (C=O) groups excluding carboxylic acids is 1. The summed E-state index contributed by atoms with van der Waals surface area (Å²) in [6.07, 6.45) is 0.479. The Bertz CT molecular complexity index is 90.3. The number of carbonyl (C=O) groups is 1. The molecular weight excluding hydrogens is 120 g/mol. The second-order valence-electron chi connectivity index (χ2n) is 1.94. The SMILES string of the molecule is COC(=O)[C@H](C)CCO. The van der Waals surface area contributed by atoms with Crippen LogP contribution in [0.4, 0.5) is 0 Å². The van der Waals surface area contributed by atoms with Gasteiger partial charge in [0.15, 0.2) is 0 Å². The molecule has 0 spiro atoms. The Balaban J connectivity index is 3.45. The average Bonchev–Trinajstić information content (AvgIpc) is 1.87. The van der Waals surface area contributed by atoms with Gasteiger partial charge in [-0.05, 0) is 6.42 Å². The lowest BCUT2D eigenvalue weighted by molar-refractivity contribution is -0.145. The molecule has 0 heterocycles. The van der Waals surface area contributed by atoms with Crippen molar-refractivity contribution in [2.75, 3.05) is 13.7 Å². The minimum atomic E-state index is -0.260. The normalized spacial score (nSPS) is 12.8. The quantitative estimate of drug-likeness (QED) is 0.557. The van der Waals surface area contributed by atoms with Crippen LogP contribution in [0.15, 0.2) is 0 Å². The van der Waals surface area contributed by atoms with E-state index in [0.717, 1.165) is 0 Å². The highest BCUT2D eigenvalue weighted by Gasteiger charge is 2.10. The molecule has 0 fully saturated rings. The van der Waals surface area contributed by atoms with Gasteiger partial charge in [0.1, 0.15) is 0 Å². The minimum absolute atomic E-state index is 0.0380. The zero-order valence-electron chi connectivity index (χ0n) is 5.76. The van der Waals surface area contributed by atoms with Gasteiger partial charge in [0.2, 0.25) is 0 Å². The van der Waals surface area contributed by atoms with Gasteiger partial charge in [-0.25, -0.2) is 0 Å². The first-order valence-electron chi connectivity index (χ1n) is 2.91. The lowest BCUT2D eigenvalue weighted by Gasteiger charge is -2.04. The van der Waals surface area contributed by atoms with Gasteiger partial charge < -0.3 is 9.84 Å². The molecule has 3 nitrogen and oxygen atoms in total. The van der Waals surface area contributed by atoms with E-state index >= 15 is 0 Å². The molecule has 0 unspecified atom stereocenters. The first-order chi connectivity index (χ1) is 4.22. The Kier molecular flexibility index (Phi) is 4.05. The van der Waals surface area contributed by atoms with Gasteiger partial charge in [-0.3, -0.25) is 4.79 Å². The molecule has 0 saturated carbocycles. The lowest BCUT2D eigenvalue weighted by atomic mass is 10.1. The standard InChI is InChI=1S/C6H12O3/c1-5(3-4-7)6(8)9-2/h5,7H,3-4H2,1-2H3/t5-/m1/s1. The Labute approximate surface area is 54.6 Å². The van der Waals surface area contributed by atoms with E-state index in [4.69, 9.17) is 5.11 Å². The van der Waals surface area contributed by atoms with Crippen molar-refractivity contribution in [3.05, 3.63) is 0 Å². The summed E-state index contributed by atoms with van der Waals surface area (Å²) in [4.78, 5) is 10.6. The fraction of sp³-hybridized carbons (Fsp3) is 0.833. The molecule has 0 aromatic heterocycles. The summed E-state index contributed by atoms with van der Waals surface area (Å²) in [5.74, 6) is -0.441. The molecule has 0 aliphatic heterocycles. The molecule has 1 N–H and O–H groups in total. The predicted molar refractivity (Wildman–Crippen MR) is 32.9 cm³/mol. The van der Waals surface area contributed by atoms with Gasteiger partial charge in [-0.15, -0.1) is 0 Å². The molecule has 9 heavy (non-hydrogen) atoms. The minimum Gasteiger partial charge on any atom is -0.469 e. The molecule has 3 heteroatoms. The monoisotopic (exact) mass is 132 g/mol. The van der Waals surface area contributed by atoms with E-state index in [1.54, 1.807) is 6.92 Å². The van der Waals surface area contributed by atoms with Crippen LogP contribution in [0.1, 0.15) is 13.3 Å². The third kappa shape index (κ3) is 3.08. The molecule has 0 rings (SSSR count). The van der Waals surface area contributed by atoms with Gasteiger partial charge >= 0.3 is 5.97 Å². The summed E-state index contributed by atoms with van der Waals surface area (Å²) >= 11 is 0. The van der Waals surface area contributed by atoms with Crippen molar-refractivity contribution in [3.8, 4) is 0 Å². The fourth-order valence-electron chi connectivity index (χ4n) is 0.513. The molecule has 0 aromatic carbocycles. The number of aliphatic hydroxyl groups is 1. The van der Waals surface area contributed by atoms with E-state index in [9.17, 15) is 4.79 Å². The van der Waals surface area contributed by atoms with Crippen LogP contribution in [0.25, 0.3) is 0 Å². The number of esters is 1. The van der Waals surface area contributed by atoms with Crippen molar-refractivity contribution in [2.45, 2.75) is 13.3 Å². The third-order valence-corrected chi connectivity index (χ3v) is 1.17. The molecule has 0 radical (unpaired) electrons. The Morgan fingerprint density at radius 2 is 2.33 bits per heavy atom. The third-order valence-electron chi connectivity index (χ3n) is 1.17. The van der Waals surface area contributed by atoms with Crippen molar-refractivity contribution in [1.82, 2.24) is 0 Å². The molecule has 54 valence electrons. The molecule has 0 aromatic rings. The summed E-state index contributed by atoms with van der Waals surface area (Å²) in [6.45, 7) is 1.76. The highest BCUT2D eigenvalue weighted by atomic mass is 16.5. The van der Waals surface area contributed by atoms with Crippen molar-refractivity contribution < 1.29 is 14.6 Å². The van der Waals surface area contributed by atoms with Crippen LogP contribution in [-0.2, 0) is 9.53 Å². The second-order valence-corrected chi connectivity index (χ2v) is 1.94. The summed E-state index contributed by atoms with van der Waals surface area (Å²) in [6, 6.07) is 0. The van der Waals surface area contributed by atoms with E-state index in [1.807, 2.05) is 0 Å². The molecule has 0 aliphatic carbocycles. The predicted octanol–water partition coefficient (Wildman–Crippen LogP) is 0.178. The van der Waals surface area contributed by atoms with E-state index < -0.39 is 0 Å². The molecular formula is C6H12O3. The molecule has 0 bridgehead atoms. The molecule has 0 aliphatic rings. The topological polar surface area (TPSA) is 46.5 Å². The highest BCUT2D eigenvalue weighted by Crippen LogP contribution is 2.01. The van der Waals surface area contributed by atoms with Crippen LogP contribution in [0.2, 0.25) is 0 Å². The van der Waals surface area contributed by atoms with E-state index in [2.05, 4.69) is 4.74 Å². The number of hydrogen-bond acceptors (Lipinski definition) is 3. The Hall–Kier alpha value is -0.570. The van der Waals surface area contributed by atoms with Crippen LogP contribution < -0.4 is 0 Å². The molecule has 1 atom stereocenters. The molecule has 0 saturated heterocycles. The van der Waals surface area contributed by atoms with Crippen LogP contribution in [0, 0.1) is 5.92 Å². The number of aliphatic hydroxyl groups excluding tert-OH is 1. The second kappa shape index (κ2) is 4.32. The average molecular weight is 132 g/mol. The Morgan fingerprint density at radius 1 is 1.78 bits per heavy atom. The summed E-state index contributed by atoms with van der Waals surface area (Å²) in [7, 11) is 1.34. The van der Waals surface area contributed by atoms with Crippen LogP contribution >= 0.6 is 0 Å². The number of ether oxygens (including phenoxy) is 1. The lowest BCUT2D eigenvalue weighted by Crippen LogP contribution is -2.13. The zero-order valence-corrected chi connectivity index (χ0v) is 5.76. The van der Waals surface area contributed by atoms with E-state index in [0.29, 0.717) is 6.42 Å². The smallest absolute Gasteiger partial charge is 0.308 e. The summed E-state index contributed by atoms with van der Waals surface area (Å²) in [5, 5.41) is 8.37. The maximum atomic E-state index is 10.6. The first-order valence-corrected chi connectivity index (χ1v) is 2.91. The van der Waals surface area contributed by atoms with Gasteiger partial charge in [0.25, 0.3) is 0 Å². The van der Waals surface area contributed by atoms with Crippen LogP contribution in [0.3, 0.4) is 0 Å². The molecule has 0 amide bonds. The maximum absolute atomic E-state index is 10.6. The number of methoxy groups -OCH3 is 1. The number of hydrogen-bond donors (Lipinski definition) is 1. The van der Waals surface area contributed by atoms with Crippen LogP contribution in [0.5, 0.6) is 0 Å². The van der Waals surface area contributed by atoms with Crippen LogP contribution in [-0.4, -0.2) is 24.8 Å². The van der Waals surface area contributed by atoms with Crippen molar-refractivity contribution in [1.29, 1.82) is 0 Å². The largest absolute Gasteiger partial charge is 0.469 e. The van der Waals surface area contributed by atoms with Gasteiger partial charge in [-0.2, -0.15) is 0 Å². The fourth-order valence-corrected chi connectivity index (χ4v) is 0.513. The van der Waals surface area contributed by atoms with Gasteiger partial charge in [0.05, 0.1) is 13.0 Å². The van der Waals surface area contributed by atoms with Gasteiger partial charge in [-0.1, -0.05) is 6.92 Å². The Morgan fingerprint density at radius 3 is 2.67 bits per heavy atom. The van der Waals surface area contributed by atoms with Gasteiger partial charge in [0, 0.05) is 6.61 Å². The van der Waals surface area contributed by atoms with E-state index in [-0.39, 0.29) is 18.5 Å². The van der Waals surface area contributed by atoms with E-state index in [1.165, 1.54) is 7.11 Å². The highest BCUT2D eigenvalue weighted by molar-refractivity contribution is 5.71. The summed E-state index contributed by atoms with van der Waals surface area (Å²) in [5.41, 5.74) is 0. The summed E-state index contributed by atoms with van der Waals surface area (Å²) < 4.78 is 4.41. The van der Waals surface area contributed by atoms with Crippen molar-refractivity contribution in [3.63, 3.8) is 0 Å². The first kappa shape index (κ1) is 8.43. The number of rotatable bonds is 3. The van der Waals surface area contributed by atoms with Crippen molar-refractivity contribution in [2.24, 2.45) is 5.92 Å². The van der Waals surface area contributed by atoms with Crippen molar-refractivity contribution >= 4 is 5.97 Å². The zero-order chi connectivity index (χ0) is 7.28. The maximum Gasteiger partial charge on any atom is 0.308 e.